The van der Waals surface area contributed by atoms with Crippen molar-refractivity contribution in [1.82, 2.24) is 14.5 Å². The third-order valence-electron chi connectivity index (χ3n) is 4.61. The van der Waals surface area contributed by atoms with Gasteiger partial charge in [0.1, 0.15) is 0 Å². The Hall–Kier alpha value is -4.01. The number of oxazole rings is 1. The summed E-state index contributed by atoms with van der Waals surface area (Å²) in [7, 11) is 6.42. The maximum absolute atomic E-state index is 10.2. The fraction of sp³-hybridized carbons (Fsp3) is 0.190. The lowest BCUT2D eigenvalue weighted by atomic mass is 10.2. The van der Waals surface area contributed by atoms with Crippen molar-refractivity contribution in [3.8, 4) is 34.6 Å². The Bertz CT molecular complexity index is 1220. The number of imidazole rings is 1. The summed E-state index contributed by atoms with van der Waals surface area (Å²) in [5.74, 6) is 1.63. The Morgan fingerprint density at radius 2 is 1.73 bits per heavy atom. The van der Waals surface area contributed by atoms with E-state index in [1.54, 1.807) is 12.1 Å². The zero-order valence-electron chi connectivity index (χ0n) is 16.9. The maximum atomic E-state index is 10.2. The number of rotatable bonds is 6. The average molecular weight is 408 g/mol. The molecule has 1 N–H and O–H groups in total. The number of para-hydroxylation sites is 2. The SMILES string of the molecule is COc1cc(-c2nc(/C=N/c3nc4ccccc4n3C)c(O)o2)cc(OC)c1OC. The van der Waals surface area contributed by atoms with Crippen LogP contribution in [0.25, 0.3) is 22.5 Å². The Labute approximate surface area is 172 Å². The fourth-order valence-electron chi connectivity index (χ4n) is 3.10. The van der Waals surface area contributed by atoms with Crippen LogP contribution in [0.15, 0.2) is 45.8 Å². The molecule has 0 saturated carbocycles. The highest BCUT2D eigenvalue weighted by Crippen LogP contribution is 2.41. The number of ether oxygens (including phenoxy) is 3. The van der Waals surface area contributed by atoms with Crippen molar-refractivity contribution >= 4 is 23.2 Å². The molecule has 0 atom stereocenters. The normalized spacial score (nSPS) is 11.3. The van der Waals surface area contributed by atoms with E-state index in [2.05, 4.69) is 15.0 Å². The molecule has 2 heterocycles. The molecule has 2 aromatic carbocycles. The average Bonchev–Trinajstić information content (AvgIpc) is 3.30. The number of hydrogen-bond acceptors (Lipinski definition) is 8. The van der Waals surface area contributed by atoms with E-state index in [9.17, 15) is 5.11 Å². The van der Waals surface area contributed by atoms with E-state index in [-0.39, 0.29) is 17.5 Å². The molecule has 0 radical (unpaired) electrons. The maximum Gasteiger partial charge on any atom is 0.312 e. The minimum atomic E-state index is -0.360. The molecule has 4 aromatic rings. The molecular formula is C21H20N4O5. The highest BCUT2D eigenvalue weighted by atomic mass is 16.5. The first-order valence-electron chi connectivity index (χ1n) is 9.01. The summed E-state index contributed by atoms with van der Waals surface area (Å²) < 4.78 is 23.3. The molecule has 0 bridgehead atoms. The molecule has 0 aliphatic rings. The highest BCUT2D eigenvalue weighted by molar-refractivity contribution is 5.84. The van der Waals surface area contributed by atoms with Gasteiger partial charge in [0.05, 0.1) is 38.6 Å². The van der Waals surface area contributed by atoms with Gasteiger partial charge in [0, 0.05) is 12.6 Å². The largest absolute Gasteiger partial charge is 0.493 e. The van der Waals surface area contributed by atoms with Gasteiger partial charge in [-0.25, -0.2) is 15.0 Å². The predicted octanol–water partition coefficient (Wildman–Crippen LogP) is 3.71. The number of fused-ring (bicyclic) bond motifs is 1. The summed E-state index contributed by atoms with van der Waals surface area (Å²) in [5.41, 5.74) is 2.50. The summed E-state index contributed by atoms with van der Waals surface area (Å²) in [6.45, 7) is 0. The molecule has 9 heteroatoms. The lowest BCUT2D eigenvalue weighted by molar-refractivity contribution is 0.323. The standard InChI is InChI=1S/C21H20N4O5/c1-25-15-8-6-5-7-13(15)24-21(25)22-11-14-20(26)30-19(23-14)12-9-16(27-2)18(29-4)17(10-12)28-3/h5-11,26H,1-4H3/b22-11+. The van der Waals surface area contributed by atoms with Crippen molar-refractivity contribution < 1.29 is 23.7 Å². The number of aromatic hydroxyl groups is 1. The van der Waals surface area contributed by atoms with Crippen LogP contribution in [0.3, 0.4) is 0 Å². The van der Waals surface area contributed by atoms with Gasteiger partial charge in [0.15, 0.2) is 17.2 Å². The van der Waals surface area contributed by atoms with E-state index in [0.717, 1.165) is 11.0 Å². The predicted molar refractivity (Wildman–Crippen MR) is 111 cm³/mol. The smallest absolute Gasteiger partial charge is 0.312 e. The number of hydrogen-bond donors (Lipinski definition) is 1. The van der Waals surface area contributed by atoms with Gasteiger partial charge < -0.3 is 28.3 Å². The fourth-order valence-corrected chi connectivity index (χ4v) is 3.10. The summed E-state index contributed by atoms with van der Waals surface area (Å²) in [5, 5.41) is 10.2. The minimum absolute atomic E-state index is 0.172. The zero-order chi connectivity index (χ0) is 21.3. The first kappa shape index (κ1) is 19.3. The summed E-state index contributed by atoms with van der Waals surface area (Å²) in [6, 6.07) is 11.1. The van der Waals surface area contributed by atoms with Crippen molar-refractivity contribution in [3.05, 3.63) is 42.1 Å². The molecule has 9 nitrogen and oxygen atoms in total. The van der Waals surface area contributed by atoms with Crippen LogP contribution in [0.5, 0.6) is 23.2 Å². The number of nitrogens with zero attached hydrogens (tertiary/aromatic N) is 4. The van der Waals surface area contributed by atoms with Gasteiger partial charge in [-0.3, -0.25) is 0 Å². The first-order chi connectivity index (χ1) is 14.5. The monoisotopic (exact) mass is 408 g/mol. The van der Waals surface area contributed by atoms with E-state index in [1.807, 2.05) is 35.9 Å². The van der Waals surface area contributed by atoms with Crippen molar-refractivity contribution in [2.24, 2.45) is 12.0 Å². The third-order valence-corrected chi connectivity index (χ3v) is 4.61. The van der Waals surface area contributed by atoms with Gasteiger partial charge >= 0.3 is 5.95 Å². The zero-order valence-corrected chi connectivity index (χ0v) is 16.9. The van der Waals surface area contributed by atoms with Crippen LogP contribution < -0.4 is 14.2 Å². The molecule has 0 spiro atoms. The van der Waals surface area contributed by atoms with E-state index in [0.29, 0.717) is 28.8 Å². The minimum Gasteiger partial charge on any atom is -0.493 e. The number of benzene rings is 2. The summed E-state index contributed by atoms with van der Waals surface area (Å²) in [6.07, 6.45) is 1.40. The highest BCUT2D eigenvalue weighted by Gasteiger charge is 2.19. The van der Waals surface area contributed by atoms with Crippen LogP contribution >= 0.6 is 0 Å². The first-order valence-corrected chi connectivity index (χ1v) is 9.01. The van der Waals surface area contributed by atoms with Crippen molar-refractivity contribution in [3.63, 3.8) is 0 Å². The topological polar surface area (TPSA) is 104 Å². The van der Waals surface area contributed by atoms with E-state index in [4.69, 9.17) is 18.6 Å². The van der Waals surface area contributed by atoms with Crippen LogP contribution in [0, 0.1) is 0 Å². The molecule has 2 aromatic heterocycles. The van der Waals surface area contributed by atoms with Gasteiger partial charge in [-0.15, -0.1) is 0 Å². The summed E-state index contributed by atoms with van der Waals surface area (Å²) >= 11 is 0. The van der Waals surface area contributed by atoms with Crippen LogP contribution in [-0.4, -0.2) is 47.2 Å². The van der Waals surface area contributed by atoms with Crippen LogP contribution in [0.2, 0.25) is 0 Å². The Morgan fingerprint density at radius 3 is 2.37 bits per heavy atom. The number of aliphatic imine (C=N–C) groups is 1. The van der Waals surface area contributed by atoms with E-state index < -0.39 is 0 Å². The molecular weight excluding hydrogens is 388 g/mol. The number of methoxy groups -OCH3 is 3. The molecule has 0 amide bonds. The molecule has 0 aliphatic heterocycles. The van der Waals surface area contributed by atoms with Gasteiger partial charge in [0.25, 0.3) is 0 Å². The van der Waals surface area contributed by atoms with Crippen molar-refractivity contribution in [1.29, 1.82) is 0 Å². The van der Waals surface area contributed by atoms with Gasteiger partial charge in [-0.2, -0.15) is 0 Å². The van der Waals surface area contributed by atoms with E-state index in [1.165, 1.54) is 27.5 Å². The molecule has 0 saturated heterocycles. The Morgan fingerprint density at radius 1 is 1.03 bits per heavy atom. The molecule has 0 unspecified atom stereocenters. The van der Waals surface area contributed by atoms with Crippen molar-refractivity contribution in [2.45, 2.75) is 0 Å². The molecule has 0 aliphatic carbocycles. The lowest BCUT2D eigenvalue weighted by Crippen LogP contribution is -1.95. The van der Waals surface area contributed by atoms with Gasteiger partial charge in [0.2, 0.25) is 17.6 Å². The lowest BCUT2D eigenvalue weighted by Gasteiger charge is -2.12. The van der Waals surface area contributed by atoms with Crippen molar-refractivity contribution in [2.75, 3.05) is 21.3 Å². The second-order valence-electron chi connectivity index (χ2n) is 6.34. The van der Waals surface area contributed by atoms with Crippen LogP contribution in [-0.2, 0) is 7.05 Å². The summed E-state index contributed by atoms with van der Waals surface area (Å²) in [4.78, 5) is 13.1. The molecule has 30 heavy (non-hydrogen) atoms. The molecule has 4 rings (SSSR count). The van der Waals surface area contributed by atoms with Crippen LogP contribution in [0.4, 0.5) is 5.95 Å². The second kappa shape index (κ2) is 7.78. The number of aryl methyl sites for hydroxylation is 1. The van der Waals surface area contributed by atoms with Gasteiger partial charge in [-0.05, 0) is 24.3 Å². The molecule has 0 fully saturated rings. The second-order valence-corrected chi connectivity index (χ2v) is 6.34. The molecule has 154 valence electrons. The van der Waals surface area contributed by atoms with E-state index >= 15 is 0 Å². The Balaban J connectivity index is 1.70. The van der Waals surface area contributed by atoms with Crippen LogP contribution in [0.1, 0.15) is 5.69 Å². The van der Waals surface area contributed by atoms with Gasteiger partial charge in [-0.1, -0.05) is 12.1 Å². The third kappa shape index (κ3) is 3.30. The quantitative estimate of drug-likeness (QED) is 0.485. The number of aromatic nitrogens is 3. The Kier molecular flexibility index (Phi) is 5.01.